The number of aliphatic hydroxyl groups excluding tert-OH is 3. The van der Waals surface area contributed by atoms with Crippen molar-refractivity contribution in [3.05, 3.63) is 108 Å². The lowest BCUT2D eigenvalue weighted by Gasteiger charge is -2.29. The third-order valence-electron chi connectivity index (χ3n) is 11.9. The van der Waals surface area contributed by atoms with E-state index in [9.17, 15) is 48.9 Å². The van der Waals surface area contributed by atoms with Crippen molar-refractivity contribution in [3.63, 3.8) is 0 Å². The highest BCUT2D eigenvalue weighted by Gasteiger charge is 2.36. The van der Waals surface area contributed by atoms with Crippen LogP contribution in [0.1, 0.15) is 49.8 Å². The van der Waals surface area contributed by atoms with Crippen molar-refractivity contribution in [2.75, 3.05) is 24.7 Å². The number of amides is 7. The molecule has 3 aromatic carbocycles. The number of para-hydroxylation sites is 1. The van der Waals surface area contributed by atoms with Gasteiger partial charge in [-0.25, -0.2) is 0 Å². The van der Waals surface area contributed by atoms with E-state index in [1.165, 1.54) is 13.8 Å². The Morgan fingerprint density at radius 2 is 1.31 bits per heavy atom. The van der Waals surface area contributed by atoms with Crippen LogP contribution in [0.15, 0.2) is 91.1 Å². The van der Waals surface area contributed by atoms with E-state index >= 15 is 0 Å². The van der Waals surface area contributed by atoms with Gasteiger partial charge >= 0.3 is 0 Å². The number of carbonyl (C=O) groups excluding carboxylic acids is 7. The highest BCUT2D eigenvalue weighted by molar-refractivity contribution is 8.76. The van der Waals surface area contributed by atoms with Gasteiger partial charge in [-0.15, -0.1) is 0 Å². The third-order valence-corrected chi connectivity index (χ3v) is 14.3. The summed E-state index contributed by atoms with van der Waals surface area (Å²) < 4.78 is 0. The summed E-state index contributed by atoms with van der Waals surface area (Å²) in [5.74, 6) is -6.01. The molecule has 4 aromatic rings. The Bertz CT molecular complexity index is 2400. The van der Waals surface area contributed by atoms with Crippen LogP contribution in [0, 0.1) is 0 Å². The number of hydrogen-bond acceptors (Lipinski definition) is 14. The Hall–Kier alpha value is -6.01. The lowest BCUT2D eigenvalue weighted by Crippen LogP contribution is -2.62. The van der Waals surface area contributed by atoms with E-state index in [0.29, 0.717) is 24.0 Å². The zero-order valence-corrected chi connectivity index (χ0v) is 41.3. The number of rotatable bonds is 17. The molecule has 1 aliphatic rings. The van der Waals surface area contributed by atoms with Gasteiger partial charge in [-0.2, -0.15) is 0 Å². The van der Waals surface area contributed by atoms with E-state index in [1.807, 2.05) is 30.3 Å². The first-order valence-corrected chi connectivity index (χ1v) is 26.0. The molecule has 22 heteroatoms. The van der Waals surface area contributed by atoms with Gasteiger partial charge in [0.25, 0.3) is 0 Å². The van der Waals surface area contributed by atoms with Crippen molar-refractivity contribution in [2.24, 2.45) is 11.5 Å². The van der Waals surface area contributed by atoms with E-state index in [2.05, 4.69) is 42.2 Å². The van der Waals surface area contributed by atoms with E-state index < -0.39 is 108 Å². The summed E-state index contributed by atoms with van der Waals surface area (Å²) in [5.41, 5.74) is 15.0. The van der Waals surface area contributed by atoms with Crippen LogP contribution in [-0.2, 0) is 52.8 Å². The lowest BCUT2D eigenvalue weighted by molar-refractivity contribution is -0.136. The van der Waals surface area contributed by atoms with Crippen LogP contribution >= 0.6 is 21.6 Å². The maximum absolute atomic E-state index is 14.7. The fourth-order valence-electron chi connectivity index (χ4n) is 7.73. The predicted octanol–water partition coefficient (Wildman–Crippen LogP) is -0.805. The van der Waals surface area contributed by atoms with Crippen LogP contribution in [0.3, 0.4) is 0 Å². The normalized spacial score (nSPS) is 22.8. The van der Waals surface area contributed by atoms with Crippen LogP contribution in [0.25, 0.3) is 10.9 Å². The molecule has 0 saturated carbocycles. The smallest absolute Gasteiger partial charge is 0.245 e. The molecule has 1 fully saturated rings. The Balaban J connectivity index is 1.56. The molecule has 0 radical (unpaired) electrons. The summed E-state index contributed by atoms with van der Waals surface area (Å²) in [7, 11) is 2.06. The van der Waals surface area contributed by atoms with Gasteiger partial charge in [0.1, 0.15) is 36.3 Å². The van der Waals surface area contributed by atoms with Crippen LogP contribution in [0.2, 0.25) is 0 Å². The van der Waals surface area contributed by atoms with Gasteiger partial charge in [0.15, 0.2) is 0 Å². The Morgan fingerprint density at radius 3 is 1.96 bits per heavy atom. The highest BCUT2D eigenvalue weighted by atomic mass is 33.1. The van der Waals surface area contributed by atoms with Gasteiger partial charge < -0.3 is 69.0 Å². The van der Waals surface area contributed by atoms with Crippen LogP contribution < -0.4 is 48.7 Å². The topological polar surface area (TPSA) is 332 Å². The maximum Gasteiger partial charge on any atom is 0.245 e. The number of benzene rings is 3. The highest BCUT2D eigenvalue weighted by Crippen LogP contribution is 2.24. The van der Waals surface area contributed by atoms with Crippen LogP contribution in [-0.4, -0.2) is 147 Å². The first kappa shape index (κ1) is 55.9. The van der Waals surface area contributed by atoms with Crippen LogP contribution in [0.4, 0.5) is 0 Å². The van der Waals surface area contributed by atoms with Crippen molar-refractivity contribution >= 4 is 73.8 Å². The van der Waals surface area contributed by atoms with Crippen molar-refractivity contribution < 1.29 is 48.9 Å². The molecule has 71 heavy (non-hydrogen) atoms. The van der Waals surface area contributed by atoms with Crippen molar-refractivity contribution in [2.45, 2.75) is 113 Å². The molecule has 2 heterocycles. The van der Waals surface area contributed by atoms with E-state index in [-0.39, 0.29) is 43.7 Å². The zero-order valence-electron chi connectivity index (χ0n) is 39.7. The summed E-state index contributed by atoms with van der Waals surface area (Å²) in [6.45, 7) is 2.23. The lowest BCUT2D eigenvalue weighted by atomic mass is 10.0. The second-order valence-corrected chi connectivity index (χ2v) is 20.0. The standard InChI is InChI=1S/C49H66N10O10S2/c1-28(61)39(25-60)56-48(68)41-27-71-70-26-40(57-43(63)34(51)21-30-13-5-3-6-14-30)47(67)54-37(22-31-15-7-4-8-16-31)45(65)55-38(23-32-24-52-35-18-10-9-17-33(32)35)46(66)53-36(19-11-12-20-50)44(64)59-42(29(2)62)49(69)58-41/h3-10,13-18,24,28-29,34,36-42,52,60-62H,11-12,19-23,25-27,50-51H2,1-2H3,(H,53,66)(H,54,67)(H,55,65)(H,56,68)(H,57,63)(H,58,69)(H,59,64)/t28-,29-,34-,36+,37+,38-,39?,40+,41+,42?/m1/s1. The molecular formula is C49H66N10O10S2. The summed E-state index contributed by atoms with van der Waals surface area (Å²) in [4.78, 5) is 103. The summed E-state index contributed by atoms with van der Waals surface area (Å²) in [6, 6.07) is 14.6. The maximum atomic E-state index is 14.7. The van der Waals surface area contributed by atoms with Gasteiger partial charge in [-0.1, -0.05) is 100 Å². The van der Waals surface area contributed by atoms with Crippen molar-refractivity contribution in [3.8, 4) is 0 Å². The van der Waals surface area contributed by atoms with Crippen molar-refractivity contribution in [1.29, 1.82) is 0 Å². The molecule has 10 atom stereocenters. The number of aromatic nitrogens is 1. The molecule has 1 aromatic heterocycles. The molecule has 2 unspecified atom stereocenters. The van der Waals surface area contributed by atoms with E-state index in [1.54, 1.807) is 60.8 Å². The summed E-state index contributed by atoms with van der Waals surface area (Å²) in [5, 5.41) is 50.5. The summed E-state index contributed by atoms with van der Waals surface area (Å²) in [6.07, 6.45) is -0.156. The quantitative estimate of drug-likeness (QED) is 0.0455. The molecular weight excluding hydrogens is 953 g/mol. The van der Waals surface area contributed by atoms with E-state index in [4.69, 9.17) is 11.5 Å². The SMILES string of the molecule is C[C@@H](O)C(CO)NC(=O)[C@@H]1CSSC[C@H](NC(=O)[C@H](N)Cc2ccccc2)C(=O)N[C@@H](Cc2ccccc2)C(=O)N[C@H](Cc2c[nH]c3ccccc23)C(=O)N[C@@H](CCCCN)C(=O)NC([C@@H](C)O)C(=O)N1. The Kier molecular flexibility index (Phi) is 22.2. The van der Waals surface area contributed by atoms with E-state index in [0.717, 1.165) is 38.1 Å². The number of carbonyl (C=O) groups is 7. The fourth-order valence-corrected chi connectivity index (χ4v) is 10.1. The number of unbranched alkanes of at least 4 members (excludes halogenated alkanes) is 1. The average molecular weight is 1020 g/mol. The molecule has 1 aliphatic heterocycles. The number of aromatic amines is 1. The number of nitrogens with two attached hydrogens (primary N) is 2. The molecule has 0 spiro atoms. The zero-order chi connectivity index (χ0) is 51.5. The molecule has 7 amide bonds. The first-order chi connectivity index (χ1) is 34.1. The monoisotopic (exact) mass is 1020 g/mol. The molecule has 0 bridgehead atoms. The van der Waals surface area contributed by atoms with Gasteiger partial charge in [0, 0.05) is 41.4 Å². The second-order valence-electron chi connectivity index (χ2n) is 17.5. The molecule has 20 nitrogen and oxygen atoms in total. The third kappa shape index (κ3) is 17.1. The number of aliphatic hydroxyl groups is 3. The molecule has 5 rings (SSSR count). The van der Waals surface area contributed by atoms with Gasteiger partial charge in [-0.05, 0) is 68.8 Å². The largest absolute Gasteiger partial charge is 0.394 e. The number of fused-ring (bicyclic) bond motifs is 1. The Labute approximate surface area is 420 Å². The molecule has 0 aliphatic carbocycles. The number of hydrogen-bond donors (Lipinski definition) is 13. The minimum absolute atomic E-state index is 0.0340. The molecule has 384 valence electrons. The van der Waals surface area contributed by atoms with Crippen molar-refractivity contribution in [1.82, 2.24) is 42.2 Å². The number of H-pyrrole nitrogens is 1. The van der Waals surface area contributed by atoms with Gasteiger partial charge in [0.2, 0.25) is 41.4 Å². The average Bonchev–Trinajstić information content (AvgIpc) is 3.76. The summed E-state index contributed by atoms with van der Waals surface area (Å²) >= 11 is 0. The molecule has 15 N–H and O–H groups in total. The second kappa shape index (κ2) is 28.1. The van der Waals surface area contributed by atoms with Gasteiger partial charge in [-0.3, -0.25) is 33.6 Å². The minimum atomic E-state index is -1.66. The van der Waals surface area contributed by atoms with Gasteiger partial charge in [0.05, 0.1) is 30.9 Å². The predicted molar refractivity (Wildman–Crippen MR) is 272 cm³/mol. The number of nitrogens with one attached hydrogen (secondary N) is 8. The van der Waals surface area contributed by atoms with Crippen LogP contribution in [0.5, 0.6) is 0 Å². The Morgan fingerprint density at radius 1 is 0.718 bits per heavy atom. The molecule has 1 saturated heterocycles. The first-order valence-electron chi connectivity index (χ1n) is 23.5. The minimum Gasteiger partial charge on any atom is -0.394 e. The fraction of sp³-hybridized carbons (Fsp3) is 0.449.